The first-order valence-electron chi connectivity index (χ1n) is 22.0. The summed E-state index contributed by atoms with van der Waals surface area (Å²) in [4.78, 5) is 0. The van der Waals surface area contributed by atoms with Gasteiger partial charge in [-0.15, -0.1) is 0 Å². The summed E-state index contributed by atoms with van der Waals surface area (Å²) in [5.74, 6) is 0.571. The van der Waals surface area contributed by atoms with Crippen molar-refractivity contribution >= 4 is 0 Å². The molecule has 0 amide bonds. The maximum absolute atomic E-state index is 9.83. The second-order valence-electron chi connectivity index (χ2n) is 15.4. The highest BCUT2D eigenvalue weighted by Gasteiger charge is 2.07. The Balaban J connectivity index is 3.23. The fraction of sp³-hybridized carbons (Fsp3) is 1.00. The molecule has 45 heavy (non-hydrogen) atoms. The quantitative estimate of drug-likeness (QED) is 0.0663. The van der Waals surface area contributed by atoms with Crippen LogP contribution in [0.2, 0.25) is 0 Å². The number of rotatable bonds is 41. The minimum atomic E-state index is 0.415. The molecule has 0 saturated heterocycles. The summed E-state index contributed by atoms with van der Waals surface area (Å²) >= 11 is 0. The number of aliphatic hydroxyl groups is 1. The maximum atomic E-state index is 9.83. The van der Waals surface area contributed by atoms with Crippen LogP contribution in [0.4, 0.5) is 0 Å². The molecule has 0 heterocycles. The third kappa shape index (κ3) is 40.1. The van der Waals surface area contributed by atoms with Gasteiger partial charge >= 0.3 is 0 Å². The molecule has 1 N–H and O–H groups in total. The molecule has 0 aromatic carbocycles. The normalized spacial score (nSPS) is 12.3. The van der Waals surface area contributed by atoms with Crippen molar-refractivity contribution in [3.05, 3.63) is 0 Å². The van der Waals surface area contributed by atoms with E-state index in [2.05, 4.69) is 13.8 Å². The van der Waals surface area contributed by atoms with Crippen LogP contribution in [0, 0.1) is 5.92 Å². The predicted octanol–water partition coefficient (Wildman–Crippen LogP) is 16.2. The van der Waals surface area contributed by atoms with Gasteiger partial charge in [0, 0.05) is 6.61 Å². The van der Waals surface area contributed by atoms with Gasteiger partial charge in [0.15, 0.2) is 0 Å². The monoisotopic (exact) mass is 635 g/mol. The lowest BCUT2D eigenvalue weighted by atomic mass is 9.94. The van der Waals surface area contributed by atoms with Crippen molar-refractivity contribution in [2.45, 2.75) is 271 Å². The molecule has 0 spiro atoms. The number of hydrogen-bond acceptors (Lipinski definition) is 1. The lowest BCUT2D eigenvalue weighted by molar-refractivity contribution is 0.204. The average molecular weight is 635 g/mol. The Hall–Kier alpha value is -0.0400. The van der Waals surface area contributed by atoms with E-state index in [1.165, 1.54) is 257 Å². The largest absolute Gasteiger partial charge is 0.396 e. The Labute approximate surface area is 287 Å². The zero-order valence-corrected chi connectivity index (χ0v) is 32.0. The van der Waals surface area contributed by atoms with Gasteiger partial charge in [0.1, 0.15) is 0 Å². The van der Waals surface area contributed by atoms with Crippen LogP contribution in [0.3, 0.4) is 0 Å². The molecular weight excluding hydrogens is 544 g/mol. The Kier molecular flexibility index (Phi) is 41.9. The Morgan fingerprint density at radius 2 is 0.400 bits per heavy atom. The standard InChI is InChI=1S/C44H90O/c1-3-5-7-9-11-13-15-17-19-21-23-24-26-28-30-32-34-36-38-40-42-44(43-45)41-39-37-35-33-31-29-27-25-22-20-18-16-14-12-10-8-6-4-2/h44-45H,3-43H2,1-2H3. The first-order valence-corrected chi connectivity index (χ1v) is 22.0. The molecule has 0 bridgehead atoms. The van der Waals surface area contributed by atoms with Crippen LogP contribution in [0.1, 0.15) is 271 Å². The Morgan fingerprint density at radius 1 is 0.244 bits per heavy atom. The summed E-state index contributed by atoms with van der Waals surface area (Å²) in [7, 11) is 0. The zero-order valence-electron chi connectivity index (χ0n) is 32.0. The van der Waals surface area contributed by atoms with Gasteiger partial charge < -0.3 is 5.11 Å². The van der Waals surface area contributed by atoms with Gasteiger partial charge in [0.05, 0.1) is 0 Å². The molecule has 0 fully saturated rings. The van der Waals surface area contributed by atoms with Gasteiger partial charge in [-0.25, -0.2) is 0 Å². The van der Waals surface area contributed by atoms with Gasteiger partial charge in [-0.2, -0.15) is 0 Å². The summed E-state index contributed by atoms with van der Waals surface area (Å²) in [5, 5.41) is 9.83. The molecule has 0 aliphatic carbocycles. The summed E-state index contributed by atoms with van der Waals surface area (Å²) < 4.78 is 0. The summed E-state index contributed by atoms with van der Waals surface area (Å²) in [6.07, 6.45) is 57.4. The van der Waals surface area contributed by atoms with E-state index in [0.29, 0.717) is 12.5 Å². The van der Waals surface area contributed by atoms with Gasteiger partial charge in [-0.1, -0.05) is 258 Å². The van der Waals surface area contributed by atoms with Crippen LogP contribution in [0.25, 0.3) is 0 Å². The summed E-state index contributed by atoms with van der Waals surface area (Å²) in [6, 6.07) is 0. The van der Waals surface area contributed by atoms with Gasteiger partial charge in [0.2, 0.25) is 0 Å². The molecule has 1 atom stereocenters. The van der Waals surface area contributed by atoms with Gasteiger partial charge in [-0.3, -0.25) is 0 Å². The Bertz CT molecular complexity index is 487. The topological polar surface area (TPSA) is 20.2 Å². The number of unbranched alkanes of at least 4 members (excludes halogenated alkanes) is 36. The SMILES string of the molecule is CCCCCCCCCCCCCCCCCCCCCCC(CO)CCCCCCCCCCCCCCCCCCCC. The average Bonchev–Trinajstić information content (AvgIpc) is 3.05. The van der Waals surface area contributed by atoms with Crippen LogP contribution in [-0.2, 0) is 0 Å². The van der Waals surface area contributed by atoms with E-state index in [4.69, 9.17) is 0 Å². The summed E-state index contributed by atoms with van der Waals surface area (Å²) in [6.45, 7) is 5.02. The highest BCUT2D eigenvalue weighted by atomic mass is 16.3. The van der Waals surface area contributed by atoms with Crippen molar-refractivity contribution in [1.82, 2.24) is 0 Å². The van der Waals surface area contributed by atoms with E-state index in [1.54, 1.807) is 0 Å². The van der Waals surface area contributed by atoms with Crippen molar-refractivity contribution in [3.8, 4) is 0 Å². The molecule has 1 heteroatoms. The lowest BCUT2D eigenvalue weighted by Crippen LogP contribution is -2.06. The van der Waals surface area contributed by atoms with E-state index in [0.717, 1.165) is 0 Å². The molecule has 0 aliphatic heterocycles. The highest BCUT2D eigenvalue weighted by Crippen LogP contribution is 2.20. The van der Waals surface area contributed by atoms with E-state index in [1.807, 2.05) is 0 Å². The van der Waals surface area contributed by atoms with Crippen molar-refractivity contribution in [2.75, 3.05) is 6.61 Å². The van der Waals surface area contributed by atoms with Crippen LogP contribution >= 0.6 is 0 Å². The molecule has 0 radical (unpaired) electrons. The first kappa shape index (κ1) is 45.0. The van der Waals surface area contributed by atoms with E-state index in [-0.39, 0.29) is 0 Å². The van der Waals surface area contributed by atoms with Crippen LogP contribution in [0.15, 0.2) is 0 Å². The lowest BCUT2D eigenvalue weighted by Gasteiger charge is -2.13. The molecule has 0 aromatic heterocycles. The van der Waals surface area contributed by atoms with E-state index in [9.17, 15) is 5.11 Å². The molecule has 0 rings (SSSR count). The van der Waals surface area contributed by atoms with Crippen molar-refractivity contribution in [1.29, 1.82) is 0 Å². The molecule has 272 valence electrons. The maximum Gasteiger partial charge on any atom is 0.0459 e. The number of hydrogen-bond donors (Lipinski definition) is 1. The molecule has 0 aromatic rings. The van der Waals surface area contributed by atoms with Crippen molar-refractivity contribution in [2.24, 2.45) is 5.92 Å². The molecule has 0 aliphatic rings. The fourth-order valence-electron chi connectivity index (χ4n) is 7.35. The molecular formula is C44H90O. The molecule has 1 unspecified atom stereocenters. The fourth-order valence-corrected chi connectivity index (χ4v) is 7.35. The van der Waals surface area contributed by atoms with Gasteiger partial charge in [0.25, 0.3) is 0 Å². The van der Waals surface area contributed by atoms with Crippen LogP contribution in [0.5, 0.6) is 0 Å². The van der Waals surface area contributed by atoms with Crippen molar-refractivity contribution < 1.29 is 5.11 Å². The molecule has 1 nitrogen and oxygen atoms in total. The van der Waals surface area contributed by atoms with Gasteiger partial charge in [-0.05, 0) is 18.8 Å². The van der Waals surface area contributed by atoms with E-state index < -0.39 is 0 Å². The minimum absolute atomic E-state index is 0.415. The predicted molar refractivity (Wildman–Crippen MR) is 207 cm³/mol. The highest BCUT2D eigenvalue weighted by molar-refractivity contribution is 4.60. The zero-order chi connectivity index (χ0) is 32.6. The molecule has 0 saturated carbocycles. The second-order valence-corrected chi connectivity index (χ2v) is 15.4. The number of aliphatic hydroxyl groups excluding tert-OH is 1. The third-order valence-electron chi connectivity index (χ3n) is 10.7. The second kappa shape index (κ2) is 42.0. The van der Waals surface area contributed by atoms with E-state index >= 15 is 0 Å². The smallest absolute Gasteiger partial charge is 0.0459 e. The third-order valence-corrected chi connectivity index (χ3v) is 10.7. The summed E-state index contributed by atoms with van der Waals surface area (Å²) in [5.41, 5.74) is 0. The van der Waals surface area contributed by atoms with Crippen LogP contribution < -0.4 is 0 Å². The minimum Gasteiger partial charge on any atom is -0.396 e. The Morgan fingerprint density at radius 3 is 0.556 bits per heavy atom. The van der Waals surface area contributed by atoms with Crippen molar-refractivity contribution in [3.63, 3.8) is 0 Å². The van der Waals surface area contributed by atoms with Crippen LogP contribution in [-0.4, -0.2) is 11.7 Å². The first-order chi connectivity index (χ1) is 22.3.